The van der Waals surface area contributed by atoms with Crippen molar-refractivity contribution in [3.63, 3.8) is 0 Å². The smallest absolute Gasteiger partial charge is 0.166 e. The number of aromatic nitrogens is 1. The summed E-state index contributed by atoms with van der Waals surface area (Å²) >= 11 is 0. The van der Waals surface area contributed by atoms with Crippen molar-refractivity contribution in [1.29, 1.82) is 0 Å². The van der Waals surface area contributed by atoms with Gasteiger partial charge in [-0.1, -0.05) is 37.3 Å². The molecule has 0 spiro atoms. The Hall–Kier alpha value is -2.76. The molecule has 1 unspecified atom stereocenters. The molecule has 1 aliphatic heterocycles. The number of nitrogens with zero attached hydrogens (tertiary/aromatic N) is 1. The number of allylic oxidation sites excluding steroid dienone is 4. The number of Topliss-reactive ketones (excluding diaryl/α,β-unsaturated/α-hetero) is 1. The number of hydrogen-bond donors (Lipinski definition) is 1. The Morgan fingerprint density at radius 1 is 1.24 bits per heavy atom. The molecule has 33 heavy (non-hydrogen) atoms. The fourth-order valence-electron chi connectivity index (χ4n) is 6.63. The average Bonchev–Trinajstić information content (AvgIpc) is 3.15. The van der Waals surface area contributed by atoms with Gasteiger partial charge in [0.05, 0.1) is 11.7 Å². The van der Waals surface area contributed by atoms with Crippen molar-refractivity contribution in [3.05, 3.63) is 77.4 Å². The number of ketones is 1. The maximum atomic E-state index is 12.7. The van der Waals surface area contributed by atoms with Crippen molar-refractivity contribution in [1.82, 2.24) is 4.98 Å². The van der Waals surface area contributed by atoms with Crippen LogP contribution in [0.25, 0.3) is 10.8 Å². The number of rotatable bonds is 3. The number of aliphatic hydroxyl groups excluding tert-OH is 1. The van der Waals surface area contributed by atoms with Crippen LogP contribution in [0.2, 0.25) is 0 Å². The predicted octanol–water partition coefficient (Wildman–Crippen LogP) is 4.48. The molecule has 2 heterocycles. The van der Waals surface area contributed by atoms with E-state index in [9.17, 15) is 9.90 Å². The summed E-state index contributed by atoms with van der Waals surface area (Å²) in [5.41, 5.74) is 2.90. The second-order valence-electron chi connectivity index (χ2n) is 10.2. The van der Waals surface area contributed by atoms with Crippen LogP contribution in [0.3, 0.4) is 0 Å². The predicted molar refractivity (Wildman–Crippen MR) is 125 cm³/mol. The molecule has 1 saturated carbocycles. The van der Waals surface area contributed by atoms with Crippen LogP contribution in [0.15, 0.2) is 71.8 Å². The van der Waals surface area contributed by atoms with E-state index < -0.39 is 0 Å². The zero-order valence-corrected chi connectivity index (χ0v) is 19.0. The van der Waals surface area contributed by atoms with Crippen molar-refractivity contribution in [2.45, 2.75) is 44.3 Å². The first kappa shape index (κ1) is 20.8. The van der Waals surface area contributed by atoms with Crippen LogP contribution in [0.4, 0.5) is 0 Å². The van der Waals surface area contributed by atoms with Gasteiger partial charge in [0, 0.05) is 61.6 Å². The number of carbonyl (C=O) groups excluding carboxylic acids is 1. The van der Waals surface area contributed by atoms with Gasteiger partial charge in [-0.3, -0.25) is 9.78 Å². The number of fused-ring (bicyclic) bond motifs is 4. The minimum atomic E-state index is -0.142. The number of benzene rings is 1. The number of pyridine rings is 1. The van der Waals surface area contributed by atoms with Gasteiger partial charge in [-0.2, -0.15) is 0 Å². The summed E-state index contributed by atoms with van der Waals surface area (Å²) in [6, 6.07) is 8.69. The molecule has 1 aromatic carbocycles. The molecule has 3 aliphatic carbocycles. The highest BCUT2D eigenvalue weighted by Crippen LogP contribution is 2.60. The Morgan fingerprint density at radius 3 is 2.94 bits per heavy atom. The van der Waals surface area contributed by atoms with Crippen molar-refractivity contribution >= 4 is 16.6 Å². The number of carbonyl (C=O) groups is 1. The quantitative estimate of drug-likeness (QED) is 0.758. The fourth-order valence-corrected chi connectivity index (χ4v) is 6.63. The van der Waals surface area contributed by atoms with Gasteiger partial charge in [-0.15, -0.1) is 0 Å². The molecule has 0 saturated heterocycles. The first-order chi connectivity index (χ1) is 16.0. The topological polar surface area (TPSA) is 68.7 Å². The highest BCUT2D eigenvalue weighted by molar-refractivity contribution is 6.00. The summed E-state index contributed by atoms with van der Waals surface area (Å²) in [4.78, 5) is 16.9. The van der Waals surface area contributed by atoms with Gasteiger partial charge in [0.15, 0.2) is 5.78 Å². The summed E-state index contributed by atoms with van der Waals surface area (Å²) in [5, 5.41) is 12.0. The minimum absolute atomic E-state index is 0.0134. The molecule has 1 aromatic heterocycles. The Morgan fingerprint density at radius 2 is 2.12 bits per heavy atom. The molecule has 6 atom stereocenters. The zero-order chi connectivity index (χ0) is 22.7. The Bertz CT molecular complexity index is 1230. The van der Waals surface area contributed by atoms with E-state index in [0.717, 1.165) is 23.1 Å². The number of hydrogen-bond acceptors (Lipinski definition) is 5. The van der Waals surface area contributed by atoms with Gasteiger partial charge in [0.1, 0.15) is 11.9 Å². The molecule has 2 aromatic rings. The third-order valence-corrected chi connectivity index (χ3v) is 8.37. The maximum absolute atomic E-state index is 12.7. The molecule has 0 radical (unpaired) electrons. The van der Waals surface area contributed by atoms with Crippen LogP contribution in [-0.4, -0.2) is 41.8 Å². The summed E-state index contributed by atoms with van der Waals surface area (Å²) in [7, 11) is 1.80. The van der Waals surface area contributed by atoms with E-state index in [2.05, 4.69) is 48.3 Å². The summed E-state index contributed by atoms with van der Waals surface area (Å²) in [5.74, 6) is 1.21. The van der Waals surface area contributed by atoms with E-state index in [0.29, 0.717) is 18.4 Å². The summed E-state index contributed by atoms with van der Waals surface area (Å²) in [6.45, 7) is 2.33. The second-order valence-corrected chi connectivity index (χ2v) is 10.2. The van der Waals surface area contributed by atoms with Gasteiger partial charge < -0.3 is 14.6 Å². The third kappa shape index (κ3) is 3.13. The van der Waals surface area contributed by atoms with Crippen molar-refractivity contribution < 1.29 is 19.4 Å². The standard InChI is InChI=1S/C28H29NO4/c1-28-7-5-19-12-21-23(31)9-16(15-30)10-24(21)33-27(19)22(28)13-25(32-2)26(28)18-3-4-20-14-29-8-6-17(20)11-18/h3-8,11-12,14,16,22,25-27,30H,9-10,13,15H2,1-2H3/t16?,22-,25+,26-,27+,28-/m0/s1. The summed E-state index contributed by atoms with van der Waals surface area (Å²) < 4.78 is 12.7. The van der Waals surface area contributed by atoms with Gasteiger partial charge in [-0.05, 0) is 41.0 Å². The molecule has 5 heteroatoms. The lowest BCUT2D eigenvalue weighted by Gasteiger charge is -2.44. The fraction of sp³-hybridized carbons (Fsp3) is 0.429. The van der Waals surface area contributed by atoms with Crippen LogP contribution in [0.5, 0.6) is 0 Å². The second kappa shape index (κ2) is 7.64. The molecule has 1 fully saturated rings. The molecule has 0 amide bonds. The molecule has 4 aliphatic rings. The molecule has 6 rings (SSSR count). The minimum Gasteiger partial charge on any atom is -0.489 e. The molecular formula is C28H29NO4. The highest BCUT2D eigenvalue weighted by Gasteiger charge is 2.57. The van der Waals surface area contributed by atoms with E-state index in [1.165, 1.54) is 10.9 Å². The monoisotopic (exact) mass is 443 g/mol. The van der Waals surface area contributed by atoms with E-state index in [4.69, 9.17) is 9.47 Å². The van der Waals surface area contributed by atoms with E-state index in [1.807, 2.05) is 18.5 Å². The largest absolute Gasteiger partial charge is 0.489 e. The normalized spacial score (nSPS) is 35.1. The first-order valence-electron chi connectivity index (χ1n) is 11.8. The molecule has 0 bridgehead atoms. The lowest BCUT2D eigenvalue weighted by molar-refractivity contribution is -0.118. The van der Waals surface area contributed by atoms with Crippen LogP contribution in [0.1, 0.15) is 37.7 Å². The zero-order valence-electron chi connectivity index (χ0n) is 19.0. The Balaban J connectivity index is 1.40. The third-order valence-electron chi connectivity index (χ3n) is 8.37. The van der Waals surface area contributed by atoms with Crippen LogP contribution in [0, 0.1) is 17.3 Å². The number of ether oxygens (including phenoxy) is 2. The summed E-state index contributed by atoms with van der Waals surface area (Å²) in [6.07, 6.45) is 12.1. The number of aliphatic hydroxyl groups is 1. The SMILES string of the molecule is CO[C@@H]1C[C@H]2[C@@H]3OC4=C(C=C3C=C[C@]2(C)[C@H]1c1ccc2cnccc2c1)C(=O)CC(CO)C4. The molecule has 5 nitrogen and oxygen atoms in total. The number of methoxy groups -OCH3 is 1. The van der Waals surface area contributed by atoms with E-state index in [-0.39, 0.29) is 47.8 Å². The van der Waals surface area contributed by atoms with Gasteiger partial charge in [-0.25, -0.2) is 0 Å². The average molecular weight is 444 g/mol. The van der Waals surface area contributed by atoms with Crippen molar-refractivity contribution in [2.75, 3.05) is 13.7 Å². The lowest BCUT2D eigenvalue weighted by Crippen LogP contribution is -2.41. The maximum Gasteiger partial charge on any atom is 0.166 e. The van der Waals surface area contributed by atoms with Crippen LogP contribution in [-0.2, 0) is 14.3 Å². The Kier molecular flexibility index (Phi) is 4.82. The molecule has 1 N–H and O–H groups in total. The van der Waals surface area contributed by atoms with Crippen molar-refractivity contribution in [2.24, 2.45) is 17.3 Å². The van der Waals surface area contributed by atoms with Gasteiger partial charge in [0.2, 0.25) is 0 Å². The van der Waals surface area contributed by atoms with Gasteiger partial charge in [0.25, 0.3) is 0 Å². The van der Waals surface area contributed by atoms with E-state index >= 15 is 0 Å². The van der Waals surface area contributed by atoms with Crippen LogP contribution >= 0.6 is 0 Å². The lowest BCUT2D eigenvalue weighted by atomic mass is 9.64. The molecular weight excluding hydrogens is 414 g/mol. The van der Waals surface area contributed by atoms with E-state index in [1.54, 1.807) is 7.11 Å². The first-order valence-corrected chi connectivity index (χ1v) is 11.8. The van der Waals surface area contributed by atoms with Gasteiger partial charge >= 0.3 is 0 Å². The highest BCUT2D eigenvalue weighted by atomic mass is 16.5. The van der Waals surface area contributed by atoms with Crippen LogP contribution < -0.4 is 0 Å². The van der Waals surface area contributed by atoms with Crippen molar-refractivity contribution in [3.8, 4) is 0 Å². The Labute approximate surface area is 193 Å². The molecule has 170 valence electrons.